The molecule has 0 radical (unpaired) electrons. The highest BCUT2D eigenvalue weighted by molar-refractivity contribution is 5.76. The summed E-state index contributed by atoms with van der Waals surface area (Å²) in [6.45, 7) is 3.00. The number of nitrogens with zero attached hydrogens (tertiary/aromatic N) is 3. The molecule has 5 heteroatoms. The molecule has 1 aliphatic heterocycles. The molecule has 2 atom stereocenters. The second kappa shape index (κ2) is 6.90. The van der Waals surface area contributed by atoms with Crippen LogP contribution in [-0.4, -0.2) is 22.1 Å². The Labute approximate surface area is 151 Å². The van der Waals surface area contributed by atoms with Crippen LogP contribution in [0.1, 0.15) is 32.2 Å². The van der Waals surface area contributed by atoms with Gasteiger partial charge in [-0.05, 0) is 55.7 Å². The zero-order chi connectivity index (χ0) is 18.1. The van der Waals surface area contributed by atoms with Gasteiger partial charge in [-0.1, -0.05) is 19.1 Å². The summed E-state index contributed by atoms with van der Waals surface area (Å²) in [6.07, 6.45) is 4.42. The second-order valence-corrected chi connectivity index (χ2v) is 6.88. The van der Waals surface area contributed by atoms with Crippen molar-refractivity contribution in [3.8, 4) is 0 Å². The van der Waals surface area contributed by atoms with Gasteiger partial charge >= 0.3 is 0 Å². The van der Waals surface area contributed by atoms with E-state index in [2.05, 4.69) is 16.8 Å². The molecule has 2 aromatic carbocycles. The Bertz CT molecular complexity index is 967. The van der Waals surface area contributed by atoms with Gasteiger partial charge in [0, 0.05) is 24.3 Å². The standard InChI is InChI=1S/C21H22FN3O/c1-2-16-13-18(11-12-24(16)17-9-7-15(22)8-10-17)25-14-23-20-6-4-3-5-19(20)21(25)26/h3-10,14,16,18H,2,11-13H2,1H3. The number of rotatable bonds is 3. The number of para-hydroxylation sites is 1. The number of hydrogen-bond acceptors (Lipinski definition) is 3. The van der Waals surface area contributed by atoms with Crippen LogP contribution in [0, 0.1) is 5.82 Å². The van der Waals surface area contributed by atoms with Crippen molar-refractivity contribution in [2.75, 3.05) is 11.4 Å². The first-order valence-electron chi connectivity index (χ1n) is 9.15. The van der Waals surface area contributed by atoms with Crippen LogP contribution < -0.4 is 10.5 Å². The molecule has 0 aliphatic carbocycles. The topological polar surface area (TPSA) is 38.1 Å². The zero-order valence-corrected chi connectivity index (χ0v) is 14.8. The minimum Gasteiger partial charge on any atom is -0.368 e. The number of anilines is 1. The van der Waals surface area contributed by atoms with E-state index in [1.165, 1.54) is 12.1 Å². The van der Waals surface area contributed by atoms with Crippen LogP contribution in [0.5, 0.6) is 0 Å². The van der Waals surface area contributed by atoms with Crippen LogP contribution in [0.25, 0.3) is 10.9 Å². The van der Waals surface area contributed by atoms with Crippen molar-refractivity contribution in [1.29, 1.82) is 0 Å². The van der Waals surface area contributed by atoms with Crippen molar-refractivity contribution in [2.24, 2.45) is 0 Å². The Hall–Kier alpha value is -2.69. The lowest BCUT2D eigenvalue weighted by Crippen LogP contribution is -2.44. The molecule has 0 spiro atoms. The van der Waals surface area contributed by atoms with Gasteiger partial charge in [-0.15, -0.1) is 0 Å². The van der Waals surface area contributed by atoms with Crippen LogP contribution in [0.4, 0.5) is 10.1 Å². The van der Waals surface area contributed by atoms with E-state index in [1.807, 2.05) is 36.4 Å². The third-order valence-corrected chi connectivity index (χ3v) is 5.40. The molecule has 0 saturated carbocycles. The SMILES string of the molecule is CCC1CC(n2cnc3ccccc3c2=O)CCN1c1ccc(F)cc1. The van der Waals surface area contributed by atoms with E-state index < -0.39 is 0 Å². The summed E-state index contributed by atoms with van der Waals surface area (Å²) < 4.78 is 15.0. The van der Waals surface area contributed by atoms with Gasteiger partial charge in [0.25, 0.3) is 5.56 Å². The van der Waals surface area contributed by atoms with Crippen molar-refractivity contribution in [3.05, 3.63) is 71.0 Å². The fraction of sp³-hybridized carbons (Fsp3) is 0.333. The number of halogens is 1. The quantitative estimate of drug-likeness (QED) is 0.711. The molecular formula is C21H22FN3O. The molecule has 26 heavy (non-hydrogen) atoms. The Morgan fingerprint density at radius 2 is 1.92 bits per heavy atom. The molecular weight excluding hydrogens is 329 g/mol. The van der Waals surface area contributed by atoms with Gasteiger partial charge in [-0.3, -0.25) is 9.36 Å². The van der Waals surface area contributed by atoms with E-state index in [0.717, 1.165) is 37.0 Å². The summed E-state index contributed by atoms with van der Waals surface area (Å²) >= 11 is 0. The lowest BCUT2D eigenvalue weighted by atomic mass is 9.94. The van der Waals surface area contributed by atoms with Crippen molar-refractivity contribution in [3.63, 3.8) is 0 Å². The molecule has 1 saturated heterocycles. The highest BCUT2D eigenvalue weighted by Crippen LogP contribution is 2.32. The van der Waals surface area contributed by atoms with Crippen molar-refractivity contribution >= 4 is 16.6 Å². The third kappa shape index (κ3) is 2.98. The molecule has 0 N–H and O–H groups in total. The maximum absolute atomic E-state index is 13.2. The molecule has 2 unspecified atom stereocenters. The molecule has 3 aromatic rings. The van der Waals surface area contributed by atoms with Crippen LogP contribution in [0.2, 0.25) is 0 Å². The molecule has 1 aromatic heterocycles. The van der Waals surface area contributed by atoms with Crippen LogP contribution in [0.3, 0.4) is 0 Å². The van der Waals surface area contributed by atoms with Gasteiger partial charge in [-0.25, -0.2) is 9.37 Å². The van der Waals surface area contributed by atoms with Gasteiger partial charge in [0.2, 0.25) is 0 Å². The van der Waals surface area contributed by atoms with Crippen LogP contribution in [-0.2, 0) is 0 Å². The largest absolute Gasteiger partial charge is 0.368 e. The van der Waals surface area contributed by atoms with Crippen molar-refractivity contribution < 1.29 is 4.39 Å². The summed E-state index contributed by atoms with van der Waals surface area (Å²) in [5.74, 6) is -0.217. The monoisotopic (exact) mass is 351 g/mol. The van der Waals surface area contributed by atoms with Gasteiger partial charge in [-0.2, -0.15) is 0 Å². The number of benzene rings is 2. The van der Waals surface area contributed by atoms with E-state index in [0.29, 0.717) is 11.4 Å². The van der Waals surface area contributed by atoms with E-state index in [-0.39, 0.29) is 17.4 Å². The lowest BCUT2D eigenvalue weighted by molar-refractivity contribution is 0.325. The summed E-state index contributed by atoms with van der Waals surface area (Å²) in [5, 5.41) is 0.670. The van der Waals surface area contributed by atoms with Crippen molar-refractivity contribution in [2.45, 2.75) is 38.3 Å². The number of piperidine rings is 1. The Morgan fingerprint density at radius 1 is 1.15 bits per heavy atom. The Kier molecular flexibility index (Phi) is 4.45. The first-order chi connectivity index (χ1) is 12.7. The summed E-state index contributed by atoms with van der Waals surface area (Å²) in [7, 11) is 0. The van der Waals surface area contributed by atoms with E-state index in [1.54, 1.807) is 10.9 Å². The van der Waals surface area contributed by atoms with Crippen molar-refractivity contribution in [1.82, 2.24) is 9.55 Å². The van der Waals surface area contributed by atoms with Gasteiger partial charge < -0.3 is 4.90 Å². The van der Waals surface area contributed by atoms with E-state index >= 15 is 0 Å². The maximum atomic E-state index is 13.2. The predicted molar refractivity (Wildman–Crippen MR) is 102 cm³/mol. The number of aromatic nitrogens is 2. The number of fused-ring (bicyclic) bond motifs is 1. The Balaban J connectivity index is 1.62. The first kappa shape index (κ1) is 16.8. The van der Waals surface area contributed by atoms with Crippen LogP contribution in [0.15, 0.2) is 59.7 Å². The minimum absolute atomic E-state index is 0.0330. The summed E-state index contributed by atoms with van der Waals surface area (Å²) in [6, 6.07) is 14.6. The van der Waals surface area contributed by atoms with E-state index in [9.17, 15) is 9.18 Å². The van der Waals surface area contributed by atoms with Crippen LogP contribution >= 0.6 is 0 Å². The van der Waals surface area contributed by atoms with Gasteiger partial charge in [0.15, 0.2) is 0 Å². The van der Waals surface area contributed by atoms with Gasteiger partial charge in [0.1, 0.15) is 5.82 Å². The molecule has 2 heterocycles. The second-order valence-electron chi connectivity index (χ2n) is 6.88. The molecule has 4 nitrogen and oxygen atoms in total. The highest BCUT2D eigenvalue weighted by Gasteiger charge is 2.29. The molecule has 4 rings (SSSR count). The fourth-order valence-corrected chi connectivity index (χ4v) is 3.99. The average Bonchev–Trinajstić information content (AvgIpc) is 2.69. The Morgan fingerprint density at radius 3 is 2.69 bits per heavy atom. The average molecular weight is 351 g/mol. The van der Waals surface area contributed by atoms with Gasteiger partial charge in [0.05, 0.1) is 17.2 Å². The highest BCUT2D eigenvalue weighted by atomic mass is 19.1. The fourth-order valence-electron chi connectivity index (χ4n) is 3.99. The third-order valence-electron chi connectivity index (χ3n) is 5.40. The normalized spacial score (nSPS) is 20.5. The summed E-state index contributed by atoms with van der Waals surface area (Å²) in [5.41, 5.74) is 1.82. The molecule has 0 bridgehead atoms. The van der Waals surface area contributed by atoms with E-state index in [4.69, 9.17) is 0 Å². The number of hydrogen-bond donors (Lipinski definition) is 0. The summed E-state index contributed by atoms with van der Waals surface area (Å²) in [4.78, 5) is 19.7. The zero-order valence-electron chi connectivity index (χ0n) is 14.8. The minimum atomic E-state index is -0.217. The predicted octanol–water partition coefficient (Wildman–Crippen LogP) is 4.16. The smallest absolute Gasteiger partial charge is 0.261 e. The molecule has 0 amide bonds. The molecule has 134 valence electrons. The lowest BCUT2D eigenvalue weighted by Gasteiger charge is -2.41. The molecule has 1 aliphatic rings. The molecule has 1 fully saturated rings. The maximum Gasteiger partial charge on any atom is 0.261 e. The first-order valence-corrected chi connectivity index (χ1v) is 9.15.